The predicted octanol–water partition coefficient (Wildman–Crippen LogP) is 1.45. The van der Waals surface area contributed by atoms with Crippen molar-refractivity contribution < 1.29 is 19.5 Å². The topological polar surface area (TPSA) is 86.7 Å². The third kappa shape index (κ3) is 2.93. The van der Waals surface area contributed by atoms with E-state index >= 15 is 0 Å². The van der Waals surface area contributed by atoms with E-state index in [1.54, 1.807) is 28.8 Å². The van der Waals surface area contributed by atoms with E-state index in [1.807, 2.05) is 6.92 Å². The molecule has 1 aromatic carbocycles. The Bertz CT molecular complexity index is 661. The fourth-order valence-corrected chi connectivity index (χ4v) is 4.52. The summed E-state index contributed by atoms with van der Waals surface area (Å²) in [7, 11) is 0. The van der Waals surface area contributed by atoms with Gasteiger partial charge in [0.2, 0.25) is 11.8 Å². The number of hydrogen-bond donors (Lipinski definition) is 2. The van der Waals surface area contributed by atoms with Gasteiger partial charge in [-0.1, -0.05) is 12.1 Å². The van der Waals surface area contributed by atoms with Crippen LogP contribution in [-0.2, 0) is 16.1 Å². The lowest BCUT2D eigenvalue weighted by Crippen LogP contribution is -2.49. The number of carboxylic acid groups (broad SMARTS) is 1. The lowest BCUT2D eigenvalue weighted by molar-refractivity contribution is -0.138. The zero-order valence-corrected chi connectivity index (χ0v) is 13.6. The van der Waals surface area contributed by atoms with Crippen LogP contribution in [0.1, 0.15) is 35.7 Å². The first-order valence-electron chi connectivity index (χ1n) is 7.47. The second-order valence-corrected chi connectivity index (χ2v) is 7.49. The maximum absolute atomic E-state index is 12.4. The molecule has 2 heterocycles. The molecule has 2 fully saturated rings. The minimum absolute atomic E-state index is 0.0449. The minimum atomic E-state index is -0.976. The van der Waals surface area contributed by atoms with E-state index in [0.29, 0.717) is 18.7 Å². The summed E-state index contributed by atoms with van der Waals surface area (Å²) >= 11 is 1.66. The van der Waals surface area contributed by atoms with E-state index in [9.17, 15) is 14.4 Å². The molecule has 2 saturated heterocycles. The Morgan fingerprint density at radius 1 is 1.39 bits per heavy atom. The lowest BCUT2D eigenvalue weighted by Gasteiger charge is -2.29. The fraction of sp³-hybridized carbons (Fsp3) is 0.438. The summed E-state index contributed by atoms with van der Waals surface area (Å²) in [5.41, 5.74) is 1.04. The number of benzene rings is 1. The number of hydrogen-bond acceptors (Lipinski definition) is 4. The molecular weight excluding hydrogens is 316 g/mol. The van der Waals surface area contributed by atoms with Crippen molar-refractivity contribution in [2.75, 3.05) is 5.75 Å². The Morgan fingerprint density at radius 3 is 2.74 bits per heavy atom. The highest BCUT2D eigenvalue weighted by Crippen LogP contribution is 2.47. The van der Waals surface area contributed by atoms with Gasteiger partial charge in [0.1, 0.15) is 6.04 Å². The molecule has 0 spiro atoms. The quantitative estimate of drug-likeness (QED) is 0.870. The number of nitrogens with one attached hydrogen (secondary N) is 1. The third-order valence-electron chi connectivity index (χ3n) is 4.42. The summed E-state index contributed by atoms with van der Waals surface area (Å²) in [6.45, 7) is 2.33. The van der Waals surface area contributed by atoms with Crippen molar-refractivity contribution in [2.45, 2.75) is 37.2 Å². The Kier molecular flexibility index (Phi) is 4.06. The second-order valence-electron chi connectivity index (χ2n) is 5.99. The first-order chi connectivity index (χ1) is 10.9. The van der Waals surface area contributed by atoms with Crippen LogP contribution < -0.4 is 5.32 Å². The maximum atomic E-state index is 12.4. The lowest BCUT2D eigenvalue weighted by atomic mass is 10.1. The summed E-state index contributed by atoms with van der Waals surface area (Å²) in [4.78, 5) is 36.7. The summed E-state index contributed by atoms with van der Waals surface area (Å²) in [5, 5.41) is 11.7. The van der Waals surface area contributed by atoms with Gasteiger partial charge in [-0.2, -0.15) is 0 Å². The van der Waals surface area contributed by atoms with Crippen LogP contribution in [0, 0.1) is 0 Å². The molecule has 6 nitrogen and oxygen atoms in total. The molecule has 122 valence electrons. The monoisotopic (exact) mass is 334 g/mol. The molecule has 3 rings (SSSR count). The fourth-order valence-electron chi connectivity index (χ4n) is 3.09. The van der Waals surface area contributed by atoms with Gasteiger partial charge < -0.3 is 15.3 Å². The molecule has 2 N–H and O–H groups in total. The van der Waals surface area contributed by atoms with Crippen LogP contribution in [0.15, 0.2) is 24.3 Å². The smallest absolute Gasteiger partial charge is 0.335 e. The maximum Gasteiger partial charge on any atom is 0.335 e. The van der Waals surface area contributed by atoms with E-state index < -0.39 is 12.0 Å². The SMILES string of the molecule is CC12CCC(=O)N1C(C(=O)NCc1ccc(C(=O)O)cc1)CS2. The van der Waals surface area contributed by atoms with Gasteiger partial charge in [0.25, 0.3) is 0 Å². The Hall–Kier alpha value is -2.02. The number of carbonyl (C=O) groups excluding carboxylic acids is 2. The normalized spacial score (nSPS) is 26.2. The van der Waals surface area contributed by atoms with Gasteiger partial charge >= 0.3 is 5.97 Å². The molecule has 0 radical (unpaired) electrons. The van der Waals surface area contributed by atoms with Crippen molar-refractivity contribution in [2.24, 2.45) is 0 Å². The number of rotatable bonds is 4. The van der Waals surface area contributed by atoms with Crippen molar-refractivity contribution in [1.82, 2.24) is 10.2 Å². The number of thioether (sulfide) groups is 1. The van der Waals surface area contributed by atoms with Crippen molar-refractivity contribution in [3.8, 4) is 0 Å². The van der Waals surface area contributed by atoms with Crippen LogP contribution in [-0.4, -0.2) is 44.5 Å². The third-order valence-corrected chi connectivity index (χ3v) is 5.92. The molecule has 0 bridgehead atoms. The van der Waals surface area contributed by atoms with E-state index in [2.05, 4.69) is 5.32 Å². The molecule has 7 heteroatoms. The average molecular weight is 334 g/mol. The van der Waals surface area contributed by atoms with Gasteiger partial charge in [0, 0.05) is 18.7 Å². The molecule has 23 heavy (non-hydrogen) atoms. The minimum Gasteiger partial charge on any atom is -0.478 e. The van der Waals surface area contributed by atoms with E-state index in [-0.39, 0.29) is 22.2 Å². The molecule has 2 unspecified atom stereocenters. The first-order valence-corrected chi connectivity index (χ1v) is 8.45. The van der Waals surface area contributed by atoms with Crippen LogP contribution in [0.25, 0.3) is 0 Å². The molecule has 2 atom stereocenters. The summed E-state index contributed by atoms with van der Waals surface area (Å²) in [6.07, 6.45) is 1.29. The van der Waals surface area contributed by atoms with Crippen LogP contribution in [0.3, 0.4) is 0 Å². The van der Waals surface area contributed by atoms with Crippen molar-refractivity contribution >= 4 is 29.5 Å². The number of nitrogens with zero attached hydrogens (tertiary/aromatic N) is 1. The van der Waals surface area contributed by atoms with Crippen LogP contribution in [0.2, 0.25) is 0 Å². The summed E-state index contributed by atoms with van der Waals surface area (Å²) in [5.74, 6) is -0.468. The molecule has 0 saturated carbocycles. The molecule has 0 aromatic heterocycles. The summed E-state index contributed by atoms with van der Waals surface area (Å²) < 4.78 is 0. The Balaban J connectivity index is 1.61. The van der Waals surface area contributed by atoms with Crippen molar-refractivity contribution in [3.63, 3.8) is 0 Å². The van der Waals surface area contributed by atoms with Gasteiger partial charge in [-0.15, -0.1) is 11.8 Å². The molecular formula is C16H18N2O4S. The van der Waals surface area contributed by atoms with E-state index in [4.69, 9.17) is 5.11 Å². The highest BCUT2D eigenvalue weighted by molar-refractivity contribution is 8.01. The van der Waals surface area contributed by atoms with Crippen molar-refractivity contribution in [1.29, 1.82) is 0 Å². The first kappa shape index (κ1) is 15.9. The Morgan fingerprint density at radius 2 is 2.09 bits per heavy atom. The van der Waals surface area contributed by atoms with E-state index in [1.165, 1.54) is 12.1 Å². The second kappa shape index (κ2) is 5.88. The molecule has 2 amide bonds. The van der Waals surface area contributed by atoms with Crippen LogP contribution in [0.5, 0.6) is 0 Å². The van der Waals surface area contributed by atoms with Crippen molar-refractivity contribution in [3.05, 3.63) is 35.4 Å². The number of aromatic carboxylic acids is 1. The van der Waals surface area contributed by atoms with Gasteiger partial charge in [0.05, 0.1) is 10.4 Å². The highest BCUT2D eigenvalue weighted by atomic mass is 32.2. The van der Waals surface area contributed by atoms with Crippen LogP contribution in [0.4, 0.5) is 0 Å². The highest BCUT2D eigenvalue weighted by Gasteiger charge is 2.52. The number of carboxylic acids is 1. The molecule has 2 aliphatic heterocycles. The predicted molar refractivity (Wildman–Crippen MR) is 86.0 cm³/mol. The summed E-state index contributed by atoms with van der Waals surface area (Å²) in [6, 6.07) is 5.96. The van der Waals surface area contributed by atoms with Crippen LogP contribution >= 0.6 is 11.8 Å². The molecule has 0 aliphatic carbocycles. The zero-order chi connectivity index (χ0) is 16.6. The number of amides is 2. The van der Waals surface area contributed by atoms with Gasteiger partial charge in [-0.3, -0.25) is 9.59 Å². The van der Waals surface area contributed by atoms with Gasteiger partial charge in [0.15, 0.2) is 0 Å². The molecule has 1 aromatic rings. The number of carbonyl (C=O) groups is 3. The van der Waals surface area contributed by atoms with Gasteiger partial charge in [-0.25, -0.2) is 4.79 Å². The number of fused-ring (bicyclic) bond motifs is 1. The largest absolute Gasteiger partial charge is 0.478 e. The van der Waals surface area contributed by atoms with Gasteiger partial charge in [-0.05, 0) is 31.0 Å². The molecule has 2 aliphatic rings. The standard InChI is InChI=1S/C16H18N2O4S/c1-16-7-6-13(19)18(16)12(9-23-16)14(20)17-8-10-2-4-11(5-3-10)15(21)22/h2-5,12H,6-9H2,1H3,(H,17,20)(H,21,22). The Labute approximate surface area is 138 Å². The van der Waals surface area contributed by atoms with E-state index in [0.717, 1.165) is 12.0 Å². The average Bonchev–Trinajstić information content (AvgIpc) is 3.02. The zero-order valence-electron chi connectivity index (χ0n) is 12.7.